The first kappa shape index (κ1) is 8.19. The van der Waals surface area contributed by atoms with E-state index in [2.05, 4.69) is 5.10 Å². The van der Waals surface area contributed by atoms with Crippen LogP contribution in [0, 0.1) is 0 Å². The monoisotopic (exact) mass is 192 g/mol. The van der Waals surface area contributed by atoms with Crippen molar-refractivity contribution in [1.82, 2.24) is 9.78 Å². The van der Waals surface area contributed by atoms with Crippen molar-refractivity contribution in [2.75, 3.05) is 0 Å². The standard InChI is InChI=1S/C9H8N2OS/c1-11-8(5-7(6-12)10-11)9-3-2-4-13-9/h2-6H,1H3. The molecule has 0 aliphatic heterocycles. The third kappa shape index (κ3) is 1.40. The highest BCUT2D eigenvalue weighted by molar-refractivity contribution is 7.13. The van der Waals surface area contributed by atoms with E-state index in [0.29, 0.717) is 5.69 Å². The van der Waals surface area contributed by atoms with Gasteiger partial charge in [0.2, 0.25) is 0 Å². The van der Waals surface area contributed by atoms with Crippen molar-refractivity contribution in [2.24, 2.45) is 7.05 Å². The quantitative estimate of drug-likeness (QED) is 0.682. The predicted molar refractivity (Wildman–Crippen MR) is 51.9 cm³/mol. The molecule has 2 aromatic rings. The molecule has 0 unspecified atom stereocenters. The van der Waals surface area contributed by atoms with Gasteiger partial charge in [0.15, 0.2) is 6.29 Å². The molecule has 13 heavy (non-hydrogen) atoms. The summed E-state index contributed by atoms with van der Waals surface area (Å²) in [6, 6.07) is 5.78. The van der Waals surface area contributed by atoms with Crippen LogP contribution in [-0.2, 0) is 7.05 Å². The SMILES string of the molecule is Cn1nc(C=O)cc1-c1cccs1. The van der Waals surface area contributed by atoms with E-state index >= 15 is 0 Å². The first-order valence-electron chi connectivity index (χ1n) is 3.84. The first-order chi connectivity index (χ1) is 6.31. The molecule has 2 aromatic heterocycles. The zero-order valence-electron chi connectivity index (χ0n) is 7.10. The van der Waals surface area contributed by atoms with Crippen molar-refractivity contribution in [2.45, 2.75) is 0 Å². The molecule has 0 bridgehead atoms. The van der Waals surface area contributed by atoms with Crippen molar-refractivity contribution in [1.29, 1.82) is 0 Å². The Hall–Kier alpha value is -1.42. The lowest BCUT2D eigenvalue weighted by atomic mass is 10.3. The van der Waals surface area contributed by atoms with E-state index in [9.17, 15) is 4.79 Å². The van der Waals surface area contributed by atoms with Gasteiger partial charge in [0.05, 0.1) is 10.6 Å². The highest BCUT2D eigenvalue weighted by Gasteiger charge is 2.06. The summed E-state index contributed by atoms with van der Waals surface area (Å²) in [5.41, 5.74) is 1.46. The lowest BCUT2D eigenvalue weighted by Gasteiger charge is -1.95. The maximum atomic E-state index is 10.5. The molecule has 2 rings (SSSR count). The molecule has 0 spiro atoms. The summed E-state index contributed by atoms with van der Waals surface area (Å²) >= 11 is 1.64. The first-order valence-corrected chi connectivity index (χ1v) is 4.72. The van der Waals surface area contributed by atoms with E-state index in [1.165, 1.54) is 0 Å². The van der Waals surface area contributed by atoms with Crippen LogP contribution in [-0.4, -0.2) is 16.1 Å². The highest BCUT2D eigenvalue weighted by atomic mass is 32.1. The minimum absolute atomic E-state index is 0.478. The smallest absolute Gasteiger partial charge is 0.170 e. The van der Waals surface area contributed by atoms with Gasteiger partial charge in [0.25, 0.3) is 0 Å². The summed E-state index contributed by atoms with van der Waals surface area (Å²) in [6.07, 6.45) is 0.761. The lowest BCUT2D eigenvalue weighted by molar-refractivity contribution is 0.111. The van der Waals surface area contributed by atoms with Crippen LogP contribution in [0.25, 0.3) is 10.6 Å². The van der Waals surface area contributed by atoms with E-state index in [1.807, 2.05) is 24.6 Å². The number of carbonyl (C=O) groups excluding carboxylic acids is 1. The van der Waals surface area contributed by atoms with Gasteiger partial charge < -0.3 is 0 Å². The Bertz CT molecular complexity index is 417. The maximum absolute atomic E-state index is 10.5. The Morgan fingerprint density at radius 1 is 1.62 bits per heavy atom. The molecule has 0 amide bonds. The van der Waals surface area contributed by atoms with E-state index in [1.54, 1.807) is 22.1 Å². The summed E-state index contributed by atoms with van der Waals surface area (Å²) < 4.78 is 1.72. The molecule has 0 atom stereocenters. The van der Waals surface area contributed by atoms with Crippen LogP contribution >= 0.6 is 11.3 Å². The molecule has 0 aromatic carbocycles. The van der Waals surface area contributed by atoms with E-state index in [4.69, 9.17) is 0 Å². The van der Waals surface area contributed by atoms with Crippen molar-refractivity contribution >= 4 is 17.6 Å². The van der Waals surface area contributed by atoms with E-state index < -0.39 is 0 Å². The molecule has 0 fully saturated rings. The number of aromatic nitrogens is 2. The van der Waals surface area contributed by atoms with E-state index in [-0.39, 0.29) is 0 Å². The van der Waals surface area contributed by atoms with Crippen LogP contribution in [0.5, 0.6) is 0 Å². The molecule has 0 aliphatic carbocycles. The van der Waals surface area contributed by atoms with Crippen LogP contribution in [0.1, 0.15) is 10.5 Å². The number of hydrogen-bond acceptors (Lipinski definition) is 3. The second-order valence-electron chi connectivity index (χ2n) is 2.67. The van der Waals surface area contributed by atoms with Gasteiger partial charge in [-0.15, -0.1) is 11.3 Å². The van der Waals surface area contributed by atoms with Crippen molar-refractivity contribution in [3.05, 3.63) is 29.3 Å². The molecule has 2 heterocycles. The fourth-order valence-electron chi connectivity index (χ4n) is 1.20. The fraction of sp³-hybridized carbons (Fsp3) is 0.111. The molecular weight excluding hydrogens is 184 g/mol. The lowest BCUT2D eigenvalue weighted by Crippen LogP contribution is -1.92. The number of nitrogens with zero attached hydrogens (tertiary/aromatic N) is 2. The number of hydrogen-bond donors (Lipinski definition) is 0. The van der Waals surface area contributed by atoms with E-state index in [0.717, 1.165) is 16.9 Å². The van der Waals surface area contributed by atoms with Crippen molar-refractivity contribution < 1.29 is 4.79 Å². The van der Waals surface area contributed by atoms with Gasteiger partial charge in [-0.05, 0) is 17.5 Å². The van der Waals surface area contributed by atoms with Crippen LogP contribution in [0.15, 0.2) is 23.6 Å². The van der Waals surface area contributed by atoms with Gasteiger partial charge in [-0.25, -0.2) is 0 Å². The Balaban J connectivity index is 2.52. The zero-order chi connectivity index (χ0) is 9.26. The predicted octanol–water partition coefficient (Wildman–Crippen LogP) is 1.96. The summed E-state index contributed by atoms with van der Waals surface area (Å²) in [7, 11) is 1.84. The maximum Gasteiger partial charge on any atom is 0.170 e. The number of rotatable bonds is 2. The summed E-state index contributed by atoms with van der Waals surface area (Å²) in [6.45, 7) is 0. The average Bonchev–Trinajstić information content (AvgIpc) is 2.72. The summed E-state index contributed by atoms with van der Waals surface area (Å²) in [5.74, 6) is 0. The van der Waals surface area contributed by atoms with Gasteiger partial charge in [0, 0.05) is 7.05 Å². The molecule has 0 radical (unpaired) electrons. The minimum Gasteiger partial charge on any atom is -0.296 e. The zero-order valence-corrected chi connectivity index (χ0v) is 7.91. The Kier molecular flexibility index (Phi) is 1.98. The Labute approximate surface area is 79.6 Å². The molecule has 66 valence electrons. The molecule has 0 N–H and O–H groups in total. The molecule has 3 nitrogen and oxygen atoms in total. The molecule has 0 saturated heterocycles. The third-order valence-corrected chi connectivity index (χ3v) is 2.69. The minimum atomic E-state index is 0.478. The van der Waals surface area contributed by atoms with Gasteiger partial charge in [-0.2, -0.15) is 5.10 Å². The third-order valence-electron chi connectivity index (χ3n) is 1.79. The van der Waals surface area contributed by atoms with Gasteiger partial charge in [-0.1, -0.05) is 6.07 Å². The second kappa shape index (κ2) is 3.14. The fourth-order valence-corrected chi connectivity index (χ4v) is 1.97. The largest absolute Gasteiger partial charge is 0.296 e. The second-order valence-corrected chi connectivity index (χ2v) is 3.62. The molecule has 4 heteroatoms. The Morgan fingerprint density at radius 3 is 3.00 bits per heavy atom. The van der Waals surface area contributed by atoms with Crippen molar-refractivity contribution in [3.63, 3.8) is 0 Å². The summed E-state index contributed by atoms with van der Waals surface area (Å²) in [5, 5.41) is 6.04. The number of thiophene rings is 1. The topological polar surface area (TPSA) is 34.9 Å². The van der Waals surface area contributed by atoms with Gasteiger partial charge in [-0.3, -0.25) is 9.48 Å². The van der Waals surface area contributed by atoms with Gasteiger partial charge in [0.1, 0.15) is 5.69 Å². The van der Waals surface area contributed by atoms with Crippen LogP contribution in [0.2, 0.25) is 0 Å². The highest BCUT2D eigenvalue weighted by Crippen LogP contribution is 2.24. The summed E-state index contributed by atoms with van der Waals surface area (Å²) in [4.78, 5) is 11.6. The molecule has 0 saturated carbocycles. The number of aryl methyl sites for hydroxylation is 1. The van der Waals surface area contributed by atoms with Crippen LogP contribution < -0.4 is 0 Å². The van der Waals surface area contributed by atoms with Crippen molar-refractivity contribution in [3.8, 4) is 10.6 Å². The number of aldehydes is 1. The average molecular weight is 192 g/mol. The Morgan fingerprint density at radius 2 is 2.46 bits per heavy atom. The molecular formula is C9H8N2OS. The van der Waals surface area contributed by atoms with Crippen LogP contribution in [0.4, 0.5) is 0 Å². The molecule has 0 aliphatic rings. The van der Waals surface area contributed by atoms with Gasteiger partial charge >= 0.3 is 0 Å². The number of carbonyl (C=O) groups is 1. The normalized spacial score (nSPS) is 10.2. The van der Waals surface area contributed by atoms with Crippen LogP contribution in [0.3, 0.4) is 0 Å².